The van der Waals surface area contributed by atoms with E-state index >= 15 is 0 Å². The summed E-state index contributed by atoms with van der Waals surface area (Å²) in [6, 6.07) is 22.4. The second-order valence-corrected chi connectivity index (χ2v) is 9.51. The SMILES string of the molecule is CC(CCOc1ccc(N=Nc2ccc(N=Nc3ccc(N)cc3)cc2)cc1)CC(C)(C)C. The summed E-state index contributed by atoms with van der Waals surface area (Å²) < 4.78 is 5.89. The molecule has 6 nitrogen and oxygen atoms in total. The Morgan fingerprint density at radius 1 is 0.697 bits per heavy atom. The zero-order valence-electron chi connectivity index (χ0n) is 19.9. The summed E-state index contributed by atoms with van der Waals surface area (Å²) in [5, 5.41) is 17.0. The summed E-state index contributed by atoms with van der Waals surface area (Å²) >= 11 is 0. The Hall–Kier alpha value is -3.54. The number of hydrogen-bond donors (Lipinski definition) is 1. The molecule has 0 aliphatic heterocycles. The second kappa shape index (κ2) is 11.4. The first-order valence-corrected chi connectivity index (χ1v) is 11.3. The molecule has 0 amide bonds. The number of benzene rings is 3. The van der Waals surface area contributed by atoms with Crippen LogP contribution in [0.1, 0.15) is 40.5 Å². The van der Waals surface area contributed by atoms with Crippen LogP contribution in [-0.4, -0.2) is 6.61 Å². The minimum absolute atomic E-state index is 0.355. The fourth-order valence-electron chi connectivity index (χ4n) is 3.49. The van der Waals surface area contributed by atoms with Crippen molar-refractivity contribution in [3.63, 3.8) is 0 Å². The number of azo groups is 2. The molecule has 0 radical (unpaired) electrons. The largest absolute Gasteiger partial charge is 0.494 e. The molecule has 0 aliphatic rings. The number of nitrogens with zero attached hydrogens (tertiary/aromatic N) is 4. The standard InChI is InChI=1S/C27H33N5O/c1-20(19-27(2,3)4)17-18-33-26-15-13-25(14-16-26)32-31-24-11-9-23(10-12-24)30-29-22-7-5-21(28)6-8-22/h5-16,20H,17-19,28H2,1-4H3. The van der Waals surface area contributed by atoms with Crippen molar-refractivity contribution in [2.75, 3.05) is 12.3 Å². The predicted molar refractivity (Wildman–Crippen MR) is 135 cm³/mol. The Kier molecular flexibility index (Phi) is 8.30. The van der Waals surface area contributed by atoms with Crippen molar-refractivity contribution in [2.24, 2.45) is 31.8 Å². The van der Waals surface area contributed by atoms with E-state index in [1.54, 1.807) is 12.1 Å². The number of rotatable bonds is 9. The van der Waals surface area contributed by atoms with E-state index in [9.17, 15) is 0 Å². The van der Waals surface area contributed by atoms with Gasteiger partial charge in [-0.25, -0.2) is 0 Å². The first-order chi connectivity index (χ1) is 15.8. The highest BCUT2D eigenvalue weighted by molar-refractivity contribution is 5.50. The summed E-state index contributed by atoms with van der Waals surface area (Å²) in [5.74, 6) is 1.50. The lowest BCUT2D eigenvalue weighted by Gasteiger charge is -2.23. The molecule has 0 aliphatic carbocycles. The number of hydrogen-bond acceptors (Lipinski definition) is 6. The number of anilines is 1. The van der Waals surface area contributed by atoms with Crippen LogP contribution in [0.5, 0.6) is 5.75 Å². The van der Waals surface area contributed by atoms with Gasteiger partial charge in [-0.15, -0.1) is 0 Å². The zero-order valence-corrected chi connectivity index (χ0v) is 19.9. The maximum Gasteiger partial charge on any atom is 0.119 e. The van der Waals surface area contributed by atoms with Gasteiger partial charge in [0.25, 0.3) is 0 Å². The highest BCUT2D eigenvalue weighted by atomic mass is 16.5. The van der Waals surface area contributed by atoms with Crippen molar-refractivity contribution in [3.05, 3.63) is 72.8 Å². The highest BCUT2D eigenvalue weighted by Crippen LogP contribution is 2.27. The molecule has 0 bridgehead atoms. The maximum atomic E-state index is 5.89. The molecule has 3 aromatic carbocycles. The molecule has 1 unspecified atom stereocenters. The van der Waals surface area contributed by atoms with Crippen molar-refractivity contribution in [2.45, 2.75) is 40.5 Å². The van der Waals surface area contributed by atoms with Crippen LogP contribution in [0.2, 0.25) is 0 Å². The summed E-state index contributed by atoms with van der Waals surface area (Å²) in [5.41, 5.74) is 9.74. The topological polar surface area (TPSA) is 84.7 Å². The van der Waals surface area contributed by atoms with Crippen molar-refractivity contribution in [1.29, 1.82) is 0 Å². The van der Waals surface area contributed by atoms with Gasteiger partial charge in [-0.1, -0.05) is 27.7 Å². The average molecular weight is 444 g/mol. The Balaban J connectivity index is 1.48. The molecule has 0 heterocycles. The van der Waals surface area contributed by atoms with E-state index in [0.717, 1.165) is 41.5 Å². The van der Waals surface area contributed by atoms with Crippen molar-refractivity contribution < 1.29 is 4.74 Å². The molecule has 2 N–H and O–H groups in total. The molecular formula is C27H33N5O. The molecular weight excluding hydrogens is 410 g/mol. The van der Waals surface area contributed by atoms with Crippen LogP contribution in [0.3, 0.4) is 0 Å². The maximum absolute atomic E-state index is 5.89. The van der Waals surface area contributed by atoms with Crippen LogP contribution in [0.4, 0.5) is 28.4 Å². The lowest BCUT2D eigenvalue weighted by atomic mass is 9.84. The van der Waals surface area contributed by atoms with E-state index in [4.69, 9.17) is 10.5 Å². The van der Waals surface area contributed by atoms with Crippen molar-refractivity contribution in [1.82, 2.24) is 0 Å². The minimum Gasteiger partial charge on any atom is -0.494 e. The molecule has 3 aromatic rings. The molecule has 33 heavy (non-hydrogen) atoms. The number of nitrogen functional groups attached to an aromatic ring is 1. The molecule has 172 valence electrons. The Morgan fingerprint density at radius 3 is 1.52 bits per heavy atom. The van der Waals surface area contributed by atoms with Gasteiger partial charge < -0.3 is 10.5 Å². The van der Waals surface area contributed by atoms with Gasteiger partial charge in [0, 0.05) is 5.69 Å². The van der Waals surface area contributed by atoms with Gasteiger partial charge in [-0.05, 0) is 97.0 Å². The van der Waals surface area contributed by atoms with Crippen LogP contribution in [0.25, 0.3) is 0 Å². The second-order valence-electron chi connectivity index (χ2n) is 9.51. The van der Waals surface area contributed by atoms with Gasteiger partial charge >= 0.3 is 0 Å². The fourth-order valence-corrected chi connectivity index (χ4v) is 3.49. The molecule has 3 rings (SSSR count). The van der Waals surface area contributed by atoms with Crippen molar-refractivity contribution in [3.8, 4) is 5.75 Å². The molecule has 0 saturated heterocycles. The lowest BCUT2D eigenvalue weighted by Crippen LogP contribution is -2.13. The van der Waals surface area contributed by atoms with E-state index in [0.29, 0.717) is 17.0 Å². The fraction of sp³-hybridized carbons (Fsp3) is 0.333. The van der Waals surface area contributed by atoms with Gasteiger partial charge in [-0.3, -0.25) is 0 Å². The smallest absolute Gasteiger partial charge is 0.119 e. The first kappa shape index (κ1) is 24.1. The van der Waals surface area contributed by atoms with E-state index in [1.165, 1.54) is 6.42 Å². The summed E-state index contributed by atoms with van der Waals surface area (Å²) in [7, 11) is 0. The van der Waals surface area contributed by atoms with Gasteiger partial charge in [0.2, 0.25) is 0 Å². The predicted octanol–water partition coefficient (Wildman–Crippen LogP) is 8.94. The van der Waals surface area contributed by atoms with E-state index in [1.807, 2.05) is 60.7 Å². The van der Waals surface area contributed by atoms with Gasteiger partial charge in [0.1, 0.15) is 5.75 Å². The van der Waals surface area contributed by atoms with Crippen LogP contribution in [0.15, 0.2) is 93.3 Å². The van der Waals surface area contributed by atoms with E-state index < -0.39 is 0 Å². The first-order valence-electron chi connectivity index (χ1n) is 11.3. The normalized spacial score (nSPS) is 13.0. The molecule has 0 aromatic heterocycles. The third kappa shape index (κ3) is 8.85. The van der Waals surface area contributed by atoms with Gasteiger partial charge in [0.15, 0.2) is 0 Å². The van der Waals surface area contributed by atoms with Crippen LogP contribution >= 0.6 is 0 Å². The molecule has 0 saturated carbocycles. The summed E-state index contributed by atoms with van der Waals surface area (Å²) in [4.78, 5) is 0. The average Bonchev–Trinajstić information content (AvgIpc) is 2.78. The monoisotopic (exact) mass is 443 g/mol. The molecule has 0 fully saturated rings. The van der Waals surface area contributed by atoms with Crippen LogP contribution in [-0.2, 0) is 0 Å². The third-order valence-electron chi connectivity index (χ3n) is 4.98. The van der Waals surface area contributed by atoms with Gasteiger partial charge in [0.05, 0.1) is 29.4 Å². The summed E-state index contributed by atoms with van der Waals surface area (Å²) in [6.45, 7) is 9.84. The Bertz CT molecular complexity index is 1050. The van der Waals surface area contributed by atoms with Gasteiger partial charge in [-0.2, -0.15) is 20.5 Å². The third-order valence-corrected chi connectivity index (χ3v) is 4.98. The number of ether oxygens (including phenoxy) is 1. The highest BCUT2D eigenvalue weighted by Gasteiger charge is 2.15. The number of nitrogens with two attached hydrogens (primary N) is 1. The van der Waals surface area contributed by atoms with Crippen LogP contribution in [0, 0.1) is 11.3 Å². The van der Waals surface area contributed by atoms with Crippen LogP contribution < -0.4 is 10.5 Å². The minimum atomic E-state index is 0.355. The zero-order chi connectivity index (χ0) is 23.7. The Morgan fingerprint density at radius 2 is 1.09 bits per heavy atom. The quantitative estimate of drug-likeness (QED) is 0.264. The summed E-state index contributed by atoms with van der Waals surface area (Å²) in [6.07, 6.45) is 2.25. The molecule has 0 spiro atoms. The van der Waals surface area contributed by atoms with Crippen molar-refractivity contribution >= 4 is 28.4 Å². The Labute approximate surface area is 196 Å². The molecule has 6 heteroatoms. The molecule has 1 atom stereocenters. The lowest BCUT2D eigenvalue weighted by molar-refractivity contribution is 0.240. The van der Waals surface area contributed by atoms with E-state index in [2.05, 4.69) is 48.2 Å². The van der Waals surface area contributed by atoms with E-state index in [-0.39, 0.29) is 0 Å².